The molecule has 2 aliphatic heterocycles. The predicted octanol–water partition coefficient (Wildman–Crippen LogP) is 5.53. The molecule has 6 nitrogen and oxygen atoms in total. The Morgan fingerprint density at radius 3 is 0.875 bits per heavy atom. The molecule has 0 spiro atoms. The lowest BCUT2D eigenvalue weighted by molar-refractivity contribution is 0.0873. The fraction of sp³-hybridized carbons (Fsp3) is 0.188. The SMILES string of the molecule is C[Si](C)(C)c1ccc(N2C(=O)c3ccc4c5c(ccc(c35)C2=O)C(=O)N(c2ccc([Si](C)(C)C)cc2)C4=O)cc1. The summed E-state index contributed by atoms with van der Waals surface area (Å²) < 4.78 is 0. The van der Waals surface area contributed by atoms with Crippen LogP contribution in [-0.2, 0) is 0 Å². The molecule has 200 valence electrons. The van der Waals surface area contributed by atoms with E-state index in [0.717, 1.165) is 0 Å². The Labute approximate surface area is 235 Å². The van der Waals surface area contributed by atoms with Crippen LogP contribution in [0.1, 0.15) is 41.4 Å². The van der Waals surface area contributed by atoms with E-state index < -0.39 is 39.8 Å². The second kappa shape index (κ2) is 8.68. The Bertz CT molecular complexity index is 1580. The number of imide groups is 2. The van der Waals surface area contributed by atoms with E-state index in [-0.39, 0.29) is 0 Å². The Kier molecular flexibility index (Phi) is 5.66. The third-order valence-corrected chi connectivity index (χ3v) is 12.0. The highest BCUT2D eigenvalue weighted by molar-refractivity contribution is 6.89. The summed E-state index contributed by atoms with van der Waals surface area (Å²) in [6.45, 7) is 13.4. The van der Waals surface area contributed by atoms with Gasteiger partial charge in [0.2, 0.25) is 0 Å². The van der Waals surface area contributed by atoms with Crippen molar-refractivity contribution in [3.8, 4) is 0 Å². The van der Waals surface area contributed by atoms with Gasteiger partial charge in [-0.3, -0.25) is 19.2 Å². The number of benzene rings is 4. The smallest absolute Gasteiger partial charge is 0.265 e. The van der Waals surface area contributed by atoms with E-state index in [2.05, 4.69) is 39.3 Å². The zero-order valence-corrected chi connectivity index (χ0v) is 25.5. The Morgan fingerprint density at radius 1 is 0.400 bits per heavy atom. The molecule has 0 saturated heterocycles. The number of hydrogen-bond acceptors (Lipinski definition) is 4. The van der Waals surface area contributed by atoms with Gasteiger partial charge in [0.25, 0.3) is 23.6 Å². The van der Waals surface area contributed by atoms with Crippen molar-refractivity contribution in [2.75, 3.05) is 9.80 Å². The normalized spacial score (nSPS) is 15.3. The summed E-state index contributed by atoms with van der Waals surface area (Å²) in [4.78, 5) is 57.3. The van der Waals surface area contributed by atoms with Crippen LogP contribution in [0.3, 0.4) is 0 Å². The average molecular weight is 563 g/mol. The van der Waals surface area contributed by atoms with Crippen molar-refractivity contribution in [2.45, 2.75) is 39.3 Å². The van der Waals surface area contributed by atoms with Crippen molar-refractivity contribution >= 4 is 72.3 Å². The first kappa shape index (κ1) is 26.1. The van der Waals surface area contributed by atoms with Gasteiger partial charge in [-0.2, -0.15) is 0 Å². The molecule has 0 saturated carbocycles. The lowest BCUT2D eigenvalue weighted by atomic mass is 9.85. The Balaban J connectivity index is 1.45. The predicted molar refractivity (Wildman–Crippen MR) is 165 cm³/mol. The fourth-order valence-corrected chi connectivity index (χ4v) is 7.90. The topological polar surface area (TPSA) is 74.8 Å². The Hall–Kier alpha value is -4.15. The maximum Gasteiger partial charge on any atom is 0.265 e. The van der Waals surface area contributed by atoms with Crippen molar-refractivity contribution in [1.82, 2.24) is 0 Å². The molecule has 8 heteroatoms. The average Bonchev–Trinajstić information content (AvgIpc) is 2.90. The number of anilines is 2. The van der Waals surface area contributed by atoms with Crippen LogP contribution in [0.4, 0.5) is 11.4 Å². The molecule has 2 heterocycles. The molecule has 4 aromatic rings. The first-order valence-electron chi connectivity index (χ1n) is 13.4. The summed E-state index contributed by atoms with van der Waals surface area (Å²) in [5, 5.41) is 3.19. The van der Waals surface area contributed by atoms with Crippen LogP contribution in [0.25, 0.3) is 10.8 Å². The summed E-state index contributed by atoms with van der Waals surface area (Å²) >= 11 is 0. The molecular weight excluding hydrogens is 533 g/mol. The van der Waals surface area contributed by atoms with Gasteiger partial charge in [-0.15, -0.1) is 0 Å². The van der Waals surface area contributed by atoms with Gasteiger partial charge in [0.05, 0.1) is 27.5 Å². The second-order valence-corrected chi connectivity index (χ2v) is 22.7. The lowest BCUT2D eigenvalue weighted by Crippen LogP contribution is -2.44. The molecule has 0 atom stereocenters. The van der Waals surface area contributed by atoms with Crippen LogP contribution in [0.5, 0.6) is 0 Å². The summed E-state index contributed by atoms with van der Waals surface area (Å²) in [6.07, 6.45) is 0. The fourth-order valence-electron chi connectivity index (χ4n) is 5.56. The second-order valence-electron chi connectivity index (χ2n) is 12.6. The molecule has 0 aliphatic carbocycles. The van der Waals surface area contributed by atoms with Crippen molar-refractivity contribution in [1.29, 1.82) is 0 Å². The molecule has 2 aliphatic rings. The summed E-state index contributed by atoms with van der Waals surface area (Å²) in [6, 6.07) is 21.6. The van der Waals surface area contributed by atoms with Gasteiger partial charge in [0, 0.05) is 33.0 Å². The molecular formula is C32H30N2O4Si2. The van der Waals surface area contributed by atoms with Crippen molar-refractivity contribution in [2.24, 2.45) is 0 Å². The summed E-state index contributed by atoms with van der Waals surface area (Å²) in [5.74, 6) is -1.87. The number of carbonyl (C=O) groups is 4. The van der Waals surface area contributed by atoms with Crippen LogP contribution >= 0.6 is 0 Å². The van der Waals surface area contributed by atoms with E-state index in [1.165, 1.54) is 20.2 Å². The maximum atomic E-state index is 13.7. The van der Waals surface area contributed by atoms with Gasteiger partial charge < -0.3 is 0 Å². The molecule has 4 aromatic carbocycles. The molecule has 0 radical (unpaired) electrons. The van der Waals surface area contributed by atoms with Gasteiger partial charge in [-0.1, -0.05) is 73.9 Å². The zero-order valence-electron chi connectivity index (χ0n) is 23.5. The highest BCUT2D eigenvalue weighted by Gasteiger charge is 2.40. The first-order valence-corrected chi connectivity index (χ1v) is 20.4. The van der Waals surface area contributed by atoms with Gasteiger partial charge in [-0.05, 0) is 48.5 Å². The van der Waals surface area contributed by atoms with E-state index in [0.29, 0.717) is 44.4 Å². The van der Waals surface area contributed by atoms with Gasteiger partial charge in [0.1, 0.15) is 0 Å². The third-order valence-electron chi connectivity index (χ3n) is 7.88. The number of amides is 4. The largest absolute Gasteiger partial charge is 0.268 e. The minimum Gasteiger partial charge on any atom is -0.268 e. The van der Waals surface area contributed by atoms with Gasteiger partial charge >= 0.3 is 0 Å². The lowest BCUT2D eigenvalue weighted by Gasteiger charge is -2.32. The van der Waals surface area contributed by atoms with Gasteiger partial charge in [-0.25, -0.2) is 9.80 Å². The van der Waals surface area contributed by atoms with Crippen LogP contribution < -0.4 is 20.2 Å². The Morgan fingerprint density at radius 2 is 0.650 bits per heavy atom. The maximum absolute atomic E-state index is 13.7. The summed E-state index contributed by atoms with van der Waals surface area (Å²) in [7, 11) is -3.11. The quantitative estimate of drug-likeness (QED) is 0.242. The third kappa shape index (κ3) is 3.82. The highest BCUT2D eigenvalue weighted by Crippen LogP contribution is 2.40. The molecule has 40 heavy (non-hydrogen) atoms. The molecule has 0 bridgehead atoms. The molecule has 6 rings (SSSR count). The highest BCUT2D eigenvalue weighted by atomic mass is 28.3. The monoisotopic (exact) mass is 562 g/mol. The van der Waals surface area contributed by atoms with E-state index in [1.54, 1.807) is 24.3 Å². The molecule has 0 aromatic heterocycles. The van der Waals surface area contributed by atoms with Crippen molar-refractivity contribution in [3.63, 3.8) is 0 Å². The van der Waals surface area contributed by atoms with Gasteiger partial charge in [0.15, 0.2) is 0 Å². The van der Waals surface area contributed by atoms with E-state index in [9.17, 15) is 19.2 Å². The molecule has 0 N–H and O–H groups in total. The van der Waals surface area contributed by atoms with Crippen molar-refractivity contribution < 1.29 is 19.2 Å². The van der Waals surface area contributed by atoms with Crippen LogP contribution in [0.2, 0.25) is 39.3 Å². The molecule has 0 fully saturated rings. The zero-order chi connectivity index (χ0) is 28.7. The molecule has 4 amide bonds. The minimum atomic E-state index is -1.56. The van der Waals surface area contributed by atoms with Crippen LogP contribution in [-0.4, -0.2) is 39.8 Å². The van der Waals surface area contributed by atoms with Crippen molar-refractivity contribution in [3.05, 3.63) is 95.1 Å². The number of rotatable bonds is 4. The number of nitrogens with zero attached hydrogens (tertiary/aromatic N) is 2. The number of hydrogen-bond donors (Lipinski definition) is 0. The summed E-state index contributed by atoms with van der Waals surface area (Å²) in [5.41, 5.74) is 2.21. The minimum absolute atomic E-state index is 0.304. The number of carbonyl (C=O) groups excluding carboxylic acids is 4. The van der Waals surface area contributed by atoms with Crippen LogP contribution in [0, 0.1) is 0 Å². The van der Waals surface area contributed by atoms with E-state index in [1.807, 2.05) is 48.5 Å². The van der Waals surface area contributed by atoms with E-state index in [4.69, 9.17) is 0 Å². The van der Waals surface area contributed by atoms with E-state index >= 15 is 0 Å². The van der Waals surface area contributed by atoms with Crippen LogP contribution in [0.15, 0.2) is 72.8 Å². The molecule has 0 unspecified atom stereocenters. The standard InChI is InChI=1S/C32H30N2O4Si2/c1-39(2,3)21-11-7-19(8-12-21)33-29(35)23-15-17-25-28-26(18-16-24(27(23)28)30(33)36)32(38)34(31(25)37)20-9-13-22(14-10-20)40(4,5)6/h7-18H,1-6H3. The first-order chi connectivity index (χ1) is 18.8.